The highest BCUT2D eigenvalue weighted by Crippen LogP contribution is 2.02. The molecule has 1 atom stereocenters. The number of hydrogen-bond donors (Lipinski definition) is 1. The molecule has 11 heavy (non-hydrogen) atoms. The Balaban J connectivity index is 2.28. The van der Waals surface area contributed by atoms with Crippen LogP contribution in [0.25, 0.3) is 0 Å². The summed E-state index contributed by atoms with van der Waals surface area (Å²) in [4.78, 5) is 21.0. The van der Waals surface area contributed by atoms with Crippen molar-refractivity contribution < 1.29 is 19.1 Å². The summed E-state index contributed by atoms with van der Waals surface area (Å²) in [6, 6.07) is 0. The first-order valence-corrected chi connectivity index (χ1v) is 3.36. The lowest BCUT2D eigenvalue weighted by Crippen LogP contribution is -2.21. The molecule has 0 aromatic rings. The molecule has 1 heterocycles. The largest absolute Gasteiger partial charge is 0.423 e. The van der Waals surface area contributed by atoms with E-state index in [1.165, 1.54) is 0 Å². The summed E-state index contributed by atoms with van der Waals surface area (Å²) in [5.41, 5.74) is 0. The van der Waals surface area contributed by atoms with Gasteiger partial charge in [0.05, 0.1) is 6.54 Å². The zero-order valence-electron chi connectivity index (χ0n) is 6.12. The number of ether oxygens (including phenoxy) is 2. The van der Waals surface area contributed by atoms with Crippen LogP contribution in [0, 0.1) is 0 Å². The van der Waals surface area contributed by atoms with Gasteiger partial charge in [-0.2, -0.15) is 0 Å². The monoisotopic (exact) mass is 159 g/mol. The summed E-state index contributed by atoms with van der Waals surface area (Å²) in [6.07, 6.45) is -0.998. The first-order valence-electron chi connectivity index (χ1n) is 3.36. The van der Waals surface area contributed by atoms with Gasteiger partial charge in [0.2, 0.25) is 0 Å². The minimum atomic E-state index is -0.741. The predicted molar refractivity (Wildman–Crippen MR) is 34.7 cm³/mol. The summed E-state index contributed by atoms with van der Waals surface area (Å²) in [7, 11) is 0. The predicted octanol–water partition coefficient (Wildman–Crippen LogP) is 0.00550. The van der Waals surface area contributed by atoms with Crippen molar-refractivity contribution in [2.24, 2.45) is 0 Å². The van der Waals surface area contributed by atoms with Crippen molar-refractivity contribution in [3.05, 3.63) is 0 Å². The third kappa shape index (κ3) is 2.10. The summed E-state index contributed by atoms with van der Waals surface area (Å²) < 4.78 is 9.23. The molecule has 0 bridgehead atoms. The van der Waals surface area contributed by atoms with E-state index in [4.69, 9.17) is 0 Å². The summed E-state index contributed by atoms with van der Waals surface area (Å²) >= 11 is 0. The standard InChI is InChI=1S/C6H9NO4/c1-2-4(8)10-5-3-7-6(9)11-5/h5H,2-3H2,1H3,(H,7,9). The third-order valence-corrected chi connectivity index (χ3v) is 1.20. The average molecular weight is 159 g/mol. The van der Waals surface area contributed by atoms with Crippen LogP contribution in [0.4, 0.5) is 4.79 Å². The molecule has 1 saturated heterocycles. The second-order valence-corrected chi connectivity index (χ2v) is 2.06. The zero-order valence-corrected chi connectivity index (χ0v) is 6.12. The molecule has 0 aromatic heterocycles. The van der Waals surface area contributed by atoms with E-state index in [9.17, 15) is 9.59 Å². The maximum atomic E-state index is 10.6. The SMILES string of the molecule is CCC(=O)OC1CNC(=O)O1. The average Bonchev–Trinajstić information content (AvgIpc) is 2.35. The molecule has 0 aliphatic carbocycles. The van der Waals surface area contributed by atoms with Gasteiger partial charge in [-0.25, -0.2) is 4.79 Å². The zero-order chi connectivity index (χ0) is 8.27. The molecule has 5 nitrogen and oxygen atoms in total. The van der Waals surface area contributed by atoms with Crippen molar-refractivity contribution in [1.82, 2.24) is 5.32 Å². The number of alkyl carbamates (subject to hydrolysis) is 1. The number of esters is 1. The number of nitrogens with one attached hydrogen (secondary N) is 1. The quantitative estimate of drug-likeness (QED) is 0.576. The van der Waals surface area contributed by atoms with Gasteiger partial charge in [0.1, 0.15) is 0 Å². The maximum absolute atomic E-state index is 10.6. The minimum Gasteiger partial charge on any atom is -0.423 e. The van der Waals surface area contributed by atoms with Crippen LogP contribution in [0.2, 0.25) is 0 Å². The fourth-order valence-electron chi connectivity index (χ4n) is 0.665. The molecule has 1 aliphatic rings. The Hall–Kier alpha value is -1.26. The molecule has 1 unspecified atom stereocenters. The number of cyclic esters (lactones) is 1. The first kappa shape index (κ1) is 7.84. The van der Waals surface area contributed by atoms with Crippen molar-refractivity contribution in [3.63, 3.8) is 0 Å². The third-order valence-electron chi connectivity index (χ3n) is 1.20. The highest BCUT2D eigenvalue weighted by molar-refractivity contribution is 5.71. The Kier molecular flexibility index (Phi) is 2.30. The van der Waals surface area contributed by atoms with Gasteiger partial charge in [0.25, 0.3) is 6.29 Å². The number of carbonyl (C=O) groups excluding carboxylic acids is 2. The normalized spacial score (nSPS) is 22.3. The van der Waals surface area contributed by atoms with E-state index >= 15 is 0 Å². The van der Waals surface area contributed by atoms with E-state index in [2.05, 4.69) is 14.8 Å². The molecular formula is C6H9NO4. The van der Waals surface area contributed by atoms with E-state index in [0.29, 0.717) is 0 Å². The fourth-order valence-corrected chi connectivity index (χ4v) is 0.665. The highest BCUT2D eigenvalue weighted by atomic mass is 16.7. The fraction of sp³-hybridized carbons (Fsp3) is 0.667. The smallest absolute Gasteiger partial charge is 0.410 e. The van der Waals surface area contributed by atoms with Crippen LogP contribution in [-0.2, 0) is 14.3 Å². The lowest BCUT2D eigenvalue weighted by Gasteiger charge is -2.07. The van der Waals surface area contributed by atoms with Crippen molar-refractivity contribution in [3.8, 4) is 0 Å². The number of hydrogen-bond acceptors (Lipinski definition) is 4. The van der Waals surface area contributed by atoms with Crippen molar-refractivity contribution in [1.29, 1.82) is 0 Å². The van der Waals surface area contributed by atoms with Crippen LogP contribution in [0.15, 0.2) is 0 Å². The van der Waals surface area contributed by atoms with E-state index in [-0.39, 0.29) is 18.9 Å². The Morgan fingerprint density at radius 3 is 3.09 bits per heavy atom. The molecule has 0 saturated carbocycles. The van der Waals surface area contributed by atoms with Crippen molar-refractivity contribution >= 4 is 12.1 Å². The molecule has 0 radical (unpaired) electrons. The molecule has 0 aromatic carbocycles. The van der Waals surface area contributed by atoms with Gasteiger partial charge < -0.3 is 14.8 Å². The van der Waals surface area contributed by atoms with Gasteiger partial charge in [0.15, 0.2) is 0 Å². The van der Waals surface area contributed by atoms with E-state index in [1.807, 2.05) is 0 Å². The summed E-state index contributed by atoms with van der Waals surface area (Å²) in [6.45, 7) is 1.91. The molecule has 1 N–H and O–H groups in total. The van der Waals surface area contributed by atoms with Crippen LogP contribution in [0.1, 0.15) is 13.3 Å². The number of amides is 1. The minimum absolute atomic E-state index is 0.241. The Morgan fingerprint density at radius 2 is 2.64 bits per heavy atom. The second-order valence-electron chi connectivity index (χ2n) is 2.06. The van der Waals surface area contributed by atoms with Gasteiger partial charge in [-0.3, -0.25) is 4.79 Å². The molecule has 1 amide bonds. The number of carbonyl (C=O) groups is 2. The van der Waals surface area contributed by atoms with E-state index < -0.39 is 12.4 Å². The van der Waals surface area contributed by atoms with E-state index in [1.54, 1.807) is 6.92 Å². The molecule has 1 rings (SSSR count). The molecule has 1 aliphatic heterocycles. The Morgan fingerprint density at radius 1 is 1.91 bits per heavy atom. The molecule has 0 spiro atoms. The van der Waals surface area contributed by atoms with Gasteiger partial charge in [-0.1, -0.05) is 6.92 Å². The van der Waals surface area contributed by atoms with Gasteiger partial charge in [-0.15, -0.1) is 0 Å². The molecule has 5 heteroatoms. The van der Waals surface area contributed by atoms with Gasteiger partial charge in [-0.05, 0) is 0 Å². The van der Waals surface area contributed by atoms with Crippen LogP contribution in [0.3, 0.4) is 0 Å². The van der Waals surface area contributed by atoms with Crippen molar-refractivity contribution in [2.75, 3.05) is 6.54 Å². The molecular weight excluding hydrogens is 150 g/mol. The molecule has 1 fully saturated rings. The van der Waals surface area contributed by atoms with Crippen LogP contribution < -0.4 is 5.32 Å². The second kappa shape index (κ2) is 3.23. The maximum Gasteiger partial charge on any atom is 0.410 e. The Bertz CT molecular complexity index is 179. The lowest BCUT2D eigenvalue weighted by molar-refractivity contribution is -0.161. The van der Waals surface area contributed by atoms with Gasteiger partial charge >= 0.3 is 12.1 Å². The van der Waals surface area contributed by atoms with Crippen LogP contribution >= 0.6 is 0 Å². The highest BCUT2D eigenvalue weighted by Gasteiger charge is 2.24. The van der Waals surface area contributed by atoms with Crippen LogP contribution in [0.5, 0.6) is 0 Å². The van der Waals surface area contributed by atoms with Crippen LogP contribution in [-0.4, -0.2) is 24.9 Å². The van der Waals surface area contributed by atoms with Crippen molar-refractivity contribution in [2.45, 2.75) is 19.6 Å². The Labute approximate surface area is 63.7 Å². The summed E-state index contributed by atoms with van der Waals surface area (Å²) in [5.74, 6) is -0.369. The molecule has 62 valence electrons. The summed E-state index contributed by atoms with van der Waals surface area (Å²) in [5, 5.41) is 2.36. The number of rotatable bonds is 2. The van der Waals surface area contributed by atoms with E-state index in [0.717, 1.165) is 0 Å². The first-order chi connectivity index (χ1) is 5.22. The van der Waals surface area contributed by atoms with Gasteiger partial charge in [0, 0.05) is 6.42 Å². The lowest BCUT2D eigenvalue weighted by atomic mass is 10.5. The topological polar surface area (TPSA) is 64.6 Å².